The van der Waals surface area contributed by atoms with Crippen molar-refractivity contribution in [1.29, 1.82) is 5.26 Å². The second-order valence-corrected chi connectivity index (χ2v) is 5.05. The number of hydrogen-bond donors (Lipinski definition) is 1. The van der Waals surface area contributed by atoms with Crippen LogP contribution in [0.3, 0.4) is 0 Å². The van der Waals surface area contributed by atoms with Crippen LogP contribution in [-0.4, -0.2) is 15.0 Å². The Morgan fingerprint density at radius 2 is 1.84 bits per heavy atom. The minimum Gasteiger partial charge on any atom is -0.395 e. The molecule has 96 valence electrons. The number of nitriles is 1. The van der Waals surface area contributed by atoms with E-state index in [-0.39, 0.29) is 0 Å². The average molecular weight is 271 g/mol. The standard InChI is InChI=1S/C13H13N5S/c1-7-8(2)17-13(18-9(7)3)19-12-11(15)10(6-14)4-5-16-12/h4-5H,15H2,1-3H3. The van der Waals surface area contributed by atoms with Gasteiger partial charge in [-0.05, 0) is 44.2 Å². The molecule has 2 aromatic rings. The van der Waals surface area contributed by atoms with E-state index in [1.54, 1.807) is 12.3 Å². The lowest BCUT2D eigenvalue weighted by molar-refractivity contribution is 0.878. The first-order valence-corrected chi connectivity index (χ1v) is 6.49. The Morgan fingerprint density at radius 3 is 2.42 bits per heavy atom. The fraction of sp³-hybridized carbons (Fsp3) is 0.231. The molecule has 2 N–H and O–H groups in total. The van der Waals surface area contributed by atoms with Crippen molar-refractivity contribution < 1.29 is 0 Å². The molecule has 6 heteroatoms. The minimum absolute atomic E-state index is 0.370. The molecule has 0 bridgehead atoms. The maximum Gasteiger partial charge on any atom is 0.194 e. The summed E-state index contributed by atoms with van der Waals surface area (Å²) in [5.41, 5.74) is 9.62. The fourth-order valence-corrected chi connectivity index (χ4v) is 2.38. The maximum atomic E-state index is 8.94. The summed E-state index contributed by atoms with van der Waals surface area (Å²) in [5, 5.41) is 10.1. The first-order chi connectivity index (χ1) is 9.02. The van der Waals surface area contributed by atoms with Gasteiger partial charge in [-0.15, -0.1) is 0 Å². The third-order valence-electron chi connectivity index (χ3n) is 2.87. The second kappa shape index (κ2) is 5.24. The van der Waals surface area contributed by atoms with Gasteiger partial charge in [0.05, 0.1) is 11.3 Å². The van der Waals surface area contributed by atoms with Crippen LogP contribution >= 0.6 is 11.8 Å². The van der Waals surface area contributed by atoms with E-state index < -0.39 is 0 Å². The van der Waals surface area contributed by atoms with Crippen LogP contribution in [0.4, 0.5) is 5.69 Å². The average Bonchev–Trinajstić information content (AvgIpc) is 2.38. The monoisotopic (exact) mass is 271 g/mol. The number of nitrogens with zero attached hydrogens (tertiary/aromatic N) is 4. The molecular weight excluding hydrogens is 258 g/mol. The molecule has 0 saturated heterocycles. The van der Waals surface area contributed by atoms with E-state index in [2.05, 4.69) is 15.0 Å². The van der Waals surface area contributed by atoms with Crippen LogP contribution in [-0.2, 0) is 0 Å². The molecule has 0 aliphatic carbocycles. The summed E-state index contributed by atoms with van der Waals surface area (Å²) in [4.78, 5) is 13.0. The number of rotatable bonds is 2. The molecule has 2 rings (SSSR count). The molecule has 0 radical (unpaired) electrons. The topological polar surface area (TPSA) is 88.5 Å². The molecule has 0 aliphatic heterocycles. The van der Waals surface area contributed by atoms with Crippen molar-refractivity contribution >= 4 is 17.4 Å². The lowest BCUT2D eigenvalue weighted by atomic mass is 10.2. The van der Waals surface area contributed by atoms with Gasteiger partial charge in [0.15, 0.2) is 5.16 Å². The van der Waals surface area contributed by atoms with Gasteiger partial charge in [0.25, 0.3) is 0 Å². The van der Waals surface area contributed by atoms with Gasteiger partial charge < -0.3 is 5.73 Å². The number of nitrogen functional groups attached to an aromatic ring is 1. The Hall–Kier alpha value is -2.13. The highest BCUT2D eigenvalue weighted by atomic mass is 32.2. The fourth-order valence-electron chi connectivity index (χ4n) is 1.51. The third-order valence-corrected chi connectivity index (χ3v) is 3.76. The number of hydrogen-bond acceptors (Lipinski definition) is 6. The highest BCUT2D eigenvalue weighted by Crippen LogP contribution is 2.30. The van der Waals surface area contributed by atoms with Crippen molar-refractivity contribution in [2.75, 3.05) is 5.73 Å². The van der Waals surface area contributed by atoms with Crippen molar-refractivity contribution in [1.82, 2.24) is 15.0 Å². The molecule has 19 heavy (non-hydrogen) atoms. The SMILES string of the molecule is Cc1nc(Sc2nccc(C#N)c2N)nc(C)c1C. The zero-order valence-corrected chi connectivity index (χ0v) is 11.7. The maximum absolute atomic E-state index is 8.94. The third kappa shape index (κ3) is 2.66. The van der Waals surface area contributed by atoms with E-state index >= 15 is 0 Å². The molecule has 0 atom stereocenters. The van der Waals surface area contributed by atoms with Crippen LogP contribution in [0, 0.1) is 32.1 Å². The molecule has 0 saturated carbocycles. The normalized spacial score (nSPS) is 10.2. The summed E-state index contributed by atoms with van der Waals surface area (Å²) < 4.78 is 0. The van der Waals surface area contributed by atoms with Gasteiger partial charge >= 0.3 is 0 Å². The Labute approximate surface area is 115 Å². The number of pyridine rings is 1. The van der Waals surface area contributed by atoms with Gasteiger partial charge in [0.2, 0.25) is 0 Å². The smallest absolute Gasteiger partial charge is 0.194 e. The molecule has 5 nitrogen and oxygen atoms in total. The summed E-state index contributed by atoms with van der Waals surface area (Å²) in [6, 6.07) is 3.62. The van der Waals surface area contributed by atoms with Gasteiger partial charge in [0.1, 0.15) is 11.1 Å². The predicted octanol–water partition coefficient (Wildman–Crippen LogP) is 2.40. The van der Waals surface area contributed by atoms with Crippen LogP contribution in [0.15, 0.2) is 22.4 Å². The summed E-state index contributed by atoms with van der Waals surface area (Å²) in [7, 11) is 0. The largest absolute Gasteiger partial charge is 0.395 e. The van der Waals surface area contributed by atoms with E-state index in [9.17, 15) is 0 Å². The zero-order chi connectivity index (χ0) is 14.0. The van der Waals surface area contributed by atoms with Gasteiger partial charge in [-0.25, -0.2) is 15.0 Å². The summed E-state index contributed by atoms with van der Waals surface area (Å²) in [5.74, 6) is 0. The summed E-state index contributed by atoms with van der Waals surface area (Å²) >= 11 is 1.27. The van der Waals surface area contributed by atoms with Crippen LogP contribution in [0.25, 0.3) is 0 Å². The number of nitrogens with two attached hydrogens (primary N) is 1. The van der Waals surface area contributed by atoms with Crippen molar-refractivity contribution in [3.05, 3.63) is 34.8 Å². The predicted molar refractivity (Wildman–Crippen MR) is 73.7 cm³/mol. The zero-order valence-electron chi connectivity index (χ0n) is 10.9. The lowest BCUT2D eigenvalue weighted by Crippen LogP contribution is -2.00. The van der Waals surface area contributed by atoms with Crippen molar-refractivity contribution in [2.24, 2.45) is 0 Å². The highest BCUT2D eigenvalue weighted by Gasteiger charge is 2.11. The van der Waals surface area contributed by atoms with Crippen molar-refractivity contribution in [3.63, 3.8) is 0 Å². The molecule has 0 aliphatic rings. The van der Waals surface area contributed by atoms with Gasteiger partial charge in [-0.2, -0.15) is 5.26 Å². The molecule has 2 aromatic heterocycles. The summed E-state index contributed by atoms with van der Waals surface area (Å²) in [6.45, 7) is 5.87. The van der Waals surface area contributed by atoms with Crippen molar-refractivity contribution in [2.45, 2.75) is 31.0 Å². The minimum atomic E-state index is 0.370. The van der Waals surface area contributed by atoms with E-state index in [1.807, 2.05) is 26.8 Å². The quantitative estimate of drug-likeness (QED) is 0.844. The number of aryl methyl sites for hydroxylation is 2. The molecule has 2 heterocycles. The second-order valence-electron chi connectivity index (χ2n) is 4.09. The Balaban J connectivity index is 2.40. The Morgan fingerprint density at radius 1 is 1.21 bits per heavy atom. The molecular formula is C13H13N5S. The van der Waals surface area contributed by atoms with Crippen LogP contribution in [0.5, 0.6) is 0 Å². The first kappa shape index (κ1) is 13.3. The Bertz CT molecular complexity index is 652. The van der Waals surface area contributed by atoms with E-state index in [0.29, 0.717) is 21.4 Å². The first-order valence-electron chi connectivity index (χ1n) is 5.67. The number of aromatic nitrogens is 3. The van der Waals surface area contributed by atoms with Crippen LogP contribution < -0.4 is 5.73 Å². The van der Waals surface area contributed by atoms with E-state index in [0.717, 1.165) is 17.0 Å². The molecule has 0 aromatic carbocycles. The van der Waals surface area contributed by atoms with E-state index in [4.69, 9.17) is 11.0 Å². The van der Waals surface area contributed by atoms with Gasteiger partial charge in [-0.1, -0.05) is 0 Å². The van der Waals surface area contributed by atoms with Crippen molar-refractivity contribution in [3.8, 4) is 6.07 Å². The molecule has 0 amide bonds. The van der Waals surface area contributed by atoms with Crippen LogP contribution in [0.2, 0.25) is 0 Å². The Kier molecular flexibility index (Phi) is 3.67. The van der Waals surface area contributed by atoms with Gasteiger partial charge in [-0.3, -0.25) is 0 Å². The highest BCUT2D eigenvalue weighted by molar-refractivity contribution is 7.99. The lowest BCUT2D eigenvalue weighted by Gasteiger charge is -2.08. The van der Waals surface area contributed by atoms with Gasteiger partial charge in [0, 0.05) is 17.6 Å². The molecule has 0 unspecified atom stereocenters. The molecule has 0 fully saturated rings. The number of anilines is 1. The summed E-state index contributed by atoms with van der Waals surface area (Å²) in [6.07, 6.45) is 1.56. The van der Waals surface area contributed by atoms with E-state index in [1.165, 1.54) is 11.8 Å². The molecule has 0 spiro atoms. The van der Waals surface area contributed by atoms with Crippen LogP contribution in [0.1, 0.15) is 22.5 Å².